The van der Waals surface area contributed by atoms with Gasteiger partial charge in [0, 0.05) is 18.9 Å². The summed E-state index contributed by atoms with van der Waals surface area (Å²) in [6.07, 6.45) is 2.72. The first-order chi connectivity index (χ1) is 12.4. The summed E-state index contributed by atoms with van der Waals surface area (Å²) in [5.41, 5.74) is 1.66. The number of rotatable bonds is 3. The number of methoxy groups -OCH3 is 2. The van der Waals surface area contributed by atoms with E-state index < -0.39 is 17.4 Å². The molecule has 1 aromatic rings. The third kappa shape index (κ3) is 2.10. The van der Waals surface area contributed by atoms with Crippen molar-refractivity contribution in [2.24, 2.45) is 17.8 Å². The summed E-state index contributed by atoms with van der Waals surface area (Å²) in [5, 5.41) is 9.83. The largest absolute Gasteiger partial charge is 0.493 e. The molecule has 4 atom stereocenters. The van der Waals surface area contributed by atoms with Crippen molar-refractivity contribution < 1.29 is 24.2 Å². The van der Waals surface area contributed by atoms with Gasteiger partial charge in [0.25, 0.3) is 0 Å². The second kappa shape index (κ2) is 5.89. The zero-order valence-corrected chi connectivity index (χ0v) is 15.4. The maximum absolute atomic E-state index is 12.8. The van der Waals surface area contributed by atoms with Gasteiger partial charge in [-0.3, -0.25) is 9.59 Å². The predicted octanol–water partition coefficient (Wildman–Crippen LogP) is 2.43. The lowest BCUT2D eigenvalue weighted by molar-refractivity contribution is -0.144. The Bertz CT molecular complexity index is 776. The molecule has 1 aromatic carbocycles. The van der Waals surface area contributed by atoms with E-state index in [1.165, 1.54) is 0 Å². The molecule has 6 heteroatoms. The lowest BCUT2D eigenvalue weighted by atomic mass is 9.76. The lowest BCUT2D eigenvalue weighted by Crippen LogP contribution is -2.45. The van der Waals surface area contributed by atoms with Crippen LogP contribution in [0.25, 0.3) is 0 Å². The number of amides is 1. The summed E-state index contributed by atoms with van der Waals surface area (Å²) in [5.74, 6) is -0.0755. The number of fused-ring (bicyclic) bond motifs is 1. The molecule has 1 N–H and O–H groups in total. The average Bonchev–Trinajstić information content (AvgIpc) is 2.96. The van der Waals surface area contributed by atoms with Gasteiger partial charge in [0.05, 0.1) is 25.7 Å². The number of carboxylic acids is 1. The molecule has 0 bridgehead atoms. The molecule has 4 rings (SSSR count). The van der Waals surface area contributed by atoms with Crippen LogP contribution >= 0.6 is 0 Å². The maximum Gasteiger partial charge on any atom is 0.307 e. The van der Waals surface area contributed by atoms with Crippen molar-refractivity contribution in [2.75, 3.05) is 20.8 Å². The van der Waals surface area contributed by atoms with E-state index in [0.717, 1.165) is 24.0 Å². The number of aryl methyl sites for hydroxylation is 1. The maximum atomic E-state index is 12.8. The highest BCUT2D eigenvalue weighted by atomic mass is 16.5. The summed E-state index contributed by atoms with van der Waals surface area (Å²) in [6, 6.07) is 3.99. The van der Waals surface area contributed by atoms with E-state index in [0.29, 0.717) is 30.9 Å². The quantitative estimate of drug-likeness (QED) is 0.897. The zero-order chi connectivity index (χ0) is 18.6. The Labute approximate surface area is 153 Å². The van der Waals surface area contributed by atoms with E-state index in [4.69, 9.17) is 9.47 Å². The molecule has 2 fully saturated rings. The van der Waals surface area contributed by atoms with Crippen LogP contribution in [0.3, 0.4) is 0 Å². The number of benzene rings is 1. The van der Waals surface area contributed by atoms with E-state index >= 15 is 0 Å². The van der Waals surface area contributed by atoms with Crippen molar-refractivity contribution in [2.45, 2.75) is 38.1 Å². The molecular weight excluding hydrogens is 334 g/mol. The van der Waals surface area contributed by atoms with E-state index in [9.17, 15) is 14.7 Å². The molecule has 140 valence electrons. The van der Waals surface area contributed by atoms with Gasteiger partial charge < -0.3 is 19.5 Å². The third-order valence-corrected chi connectivity index (χ3v) is 6.66. The molecule has 1 aliphatic carbocycles. The molecule has 0 aromatic heterocycles. The number of hydrogen-bond acceptors (Lipinski definition) is 4. The van der Waals surface area contributed by atoms with Crippen LogP contribution in [-0.2, 0) is 21.5 Å². The van der Waals surface area contributed by atoms with Crippen LogP contribution in [0.4, 0.5) is 0 Å². The van der Waals surface area contributed by atoms with Crippen LogP contribution in [0.1, 0.15) is 37.3 Å². The van der Waals surface area contributed by atoms with Gasteiger partial charge in [0.1, 0.15) is 0 Å². The smallest absolute Gasteiger partial charge is 0.307 e. The number of hydrogen-bond donors (Lipinski definition) is 1. The molecule has 1 saturated carbocycles. The molecule has 3 aliphatic rings. The highest BCUT2D eigenvalue weighted by Crippen LogP contribution is 2.61. The third-order valence-electron chi connectivity index (χ3n) is 6.66. The zero-order valence-electron chi connectivity index (χ0n) is 15.4. The number of carboxylic acid groups (broad SMARTS) is 1. The Kier molecular flexibility index (Phi) is 3.90. The van der Waals surface area contributed by atoms with Gasteiger partial charge in [0.2, 0.25) is 5.91 Å². The van der Waals surface area contributed by atoms with Gasteiger partial charge in [-0.15, -0.1) is 0 Å². The van der Waals surface area contributed by atoms with Crippen LogP contribution < -0.4 is 9.47 Å². The van der Waals surface area contributed by atoms with Gasteiger partial charge in [-0.2, -0.15) is 0 Å². The molecule has 1 spiro atoms. The Morgan fingerprint density at radius 3 is 2.62 bits per heavy atom. The van der Waals surface area contributed by atoms with Crippen LogP contribution in [-0.4, -0.2) is 42.6 Å². The van der Waals surface area contributed by atoms with Crippen molar-refractivity contribution in [3.05, 3.63) is 23.3 Å². The number of carbonyl (C=O) groups excluding carboxylic acids is 1. The van der Waals surface area contributed by atoms with Gasteiger partial charge in [-0.25, -0.2) is 0 Å². The topological polar surface area (TPSA) is 76.1 Å². The summed E-state index contributed by atoms with van der Waals surface area (Å²) in [4.78, 5) is 26.8. The van der Waals surface area contributed by atoms with Crippen molar-refractivity contribution in [3.8, 4) is 11.5 Å². The minimum atomic E-state index is -0.791. The normalized spacial score (nSPS) is 32.5. The second-order valence-electron chi connectivity index (χ2n) is 7.79. The standard InChI is InChI=1S/C20H25NO5/c1-11-10-20-13-8-16(26-3)15(25-2)7-12(13)5-4-6-21(20)17(22)9-14(20)18(11)19(23)24/h7-8,11,14,18H,4-6,9-10H2,1-3H3,(H,23,24)/t11-,14?,18+,20?/m0/s1. The highest BCUT2D eigenvalue weighted by Gasteiger charge is 2.64. The molecule has 1 saturated heterocycles. The molecule has 2 aliphatic heterocycles. The minimum Gasteiger partial charge on any atom is -0.493 e. The minimum absolute atomic E-state index is 0.0205. The Morgan fingerprint density at radius 2 is 1.96 bits per heavy atom. The van der Waals surface area contributed by atoms with E-state index in [1.54, 1.807) is 14.2 Å². The molecule has 2 unspecified atom stereocenters. The molecule has 0 radical (unpaired) electrons. The number of carbonyl (C=O) groups is 2. The Hall–Kier alpha value is -2.24. The fourth-order valence-corrected chi connectivity index (χ4v) is 5.74. The number of aliphatic carboxylic acids is 1. The lowest BCUT2D eigenvalue weighted by Gasteiger charge is -2.39. The average molecular weight is 359 g/mol. The van der Waals surface area contributed by atoms with Crippen LogP contribution in [0, 0.1) is 17.8 Å². The molecule has 6 nitrogen and oxygen atoms in total. The molecule has 2 heterocycles. The molecule has 1 amide bonds. The van der Waals surface area contributed by atoms with E-state index in [-0.39, 0.29) is 17.7 Å². The molecule has 26 heavy (non-hydrogen) atoms. The Balaban J connectivity index is 1.96. The summed E-state index contributed by atoms with van der Waals surface area (Å²) in [6.45, 7) is 2.67. The Morgan fingerprint density at radius 1 is 1.27 bits per heavy atom. The van der Waals surface area contributed by atoms with Crippen molar-refractivity contribution in [1.29, 1.82) is 0 Å². The molecular formula is C20H25NO5. The van der Waals surface area contributed by atoms with Crippen LogP contribution in [0.5, 0.6) is 11.5 Å². The summed E-state index contributed by atoms with van der Waals surface area (Å²) < 4.78 is 11.0. The summed E-state index contributed by atoms with van der Waals surface area (Å²) >= 11 is 0. The summed E-state index contributed by atoms with van der Waals surface area (Å²) in [7, 11) is 3.22. The van der Waals surface area contributed by atoms with Gasteiger partial charge in [-0.05, 0) is 48.4 Å². The van der Waals surface area contributed by atoms with Crippen molar-refractivity contribution >= 4 is 11.9 Å². The number of nitrogens with zero attached hydrogens (tertiary/aromatic N) is 1. The highest BCUT2D eigenvalue weighted by molar-refractivity contribution is 5.84. The second-order valence-corrected chi connectivity index (χ2v) is 7.79. The first kappa shape index (κ1) is 17.2. The first-order valence-electron chi connectivity index (χ1n) is 9.22. The van der Waals surface area contributed by atoms with Crippen LogP contribution in [0.2, 0.25) is 0 Å². The number of ether oxygens (including phenoxy) is 2. The van der Waals surface area contributed by atoms with E-state index in [2.05, 4.69) is 0 Å². The van der Waals surface area contributed by atoms with Crippen molar-refractivity contribution in [1.82, 2.24) is 4.90 Å². The SMILES string of the molecule is COc1cc2c(cc1OC)C13C[C@H](C)[C@@H](C(=O)O)C1CC(=O)N3CCC2. The fourth-order valence-electron chi connectivity index (χ4n) is 5.74. The fraction of sp³-hybridized carbons (Fsp3) is 0.600. The first-order valence-corrected chi connectivity index (χ1v) is 9.22. The van der Waals surface area contributed by atoms with Gasteiger partial charge in [-0.1, -0.05) is 6.92 Å². The predicted molar refractivity (Wildman–Crippen MR) is 94.3 cm³/mol. The monoisotopic (exact) mass is 359 g/mol. The van der Waals surface area contributed by atoms with Gasteiger partial charge in [0.15, 0.2) is 11.5 Å². The van der Waals surface area contributed by atoms with Gasteiger partial charge >= 0.3 is 5.97 Å². The van der Waals surface area contributed by atoms with Crippen molar-refractivity contribution in [3.63, 3.8) is 0 Å². The van der Waals surface area contributed by atoms with Crippen LogP contribution in [0.15, 0.2) is 12.1 Å². The van der Waals surface area contributed by atoms with E-state index in [1.807, 2.05) is 24.0 Å².